The minimum atomic E-state index is -0.551. The van der Waals surface area contributed by atoms with Crippen LogP contribution in [0.1, 0.15) is 46.4 Å². The number of hydrogen-bond acceptors (Lipinski definition) is 7. The molecule has 1 aliphatic heterocycles. The molecule has 0 bridgehead atoms. The highest BCUT2D eigenvalue weighted by Crippen LogP contribution is 2.27. The number of nitrogens with zero attached hydrogens (tertiary/aromatic N) is 4. The van der Waals surface area contributed by atoms with Gasteiger partial charge < -0.3 is 14.4 Å². The molecule has 0 spiro atoms. The van der Waals surface area contributed by atoms with Crippen molar-refractivity contribution in [1.82, 2.24) is 20.0 Å². The van der Waals surface area contributed by atoms with Gasteiger partial charge >= 0.3 is 0 Å². The zero-order valence-electron chi connectivity index (χ0n) is 12.9. The lowest BCUT2D eigenvalue weighted by Gasteiger charge is -2.30. The Hall–Kier alpha value is -2.60. The molecule has 8 nitrogen and oxygen atoms in total. The van der Waals surface area contributed by atoms with Gasteiger partial charge in [0.2, 0.25) is 5.89 Å². The summed E-state index contributed by atoms with van der Waals surface area (Å²) < 4.78 is 5.00. The molecule has 3 heterocycles. The number of likely N-dealkylation sites (tertiary alicyclic amines) is 1. The number of carbonyl (C=O) groups is 1. The fourth-order valence-corrected chi connectivity index (χ4v) is 3.02. The number of nitriles is 1. The molecule has 0 aromatic carbocycles. The molecule has 1 fully saturated rings. The molecule has 1 amide bonds. The average molecular weight is 345 g/mol. The van der Waals surface area contributed by atoms with E-state index >= 15 is 0 Å². The predicted octanol–water partition coefficient (Wildman–Crippen LogP) is 1.25. The van der Waals surface area contributed by atoms with Crippen LogP contribution in [0.3, 0.4) is 0 Å². The Morgan fingerprint density at radius 1 is 1.50 bits per heavy atom. The maximum atomic E-state index is 12.6. The molecular weight excluding hydrogens is 330 g/mol. The Bertz CT molecular complexity index is 874. The van der Waals surface area contributed by atoms with E-state index in [1.54, 1.807) is 17.9 Å². The van der Waals surface area contributed by atoms with E-state index < -0.39 is 5.56 Å². The number of rotatable bonds is 2. The Labute approximate surface area is 142 Å². The van der Waals surface area contributed by atoms with Crippen LogP contribution in [0.25, 0.3) is 0 Å². The van der Waals surface area contributed by atoms with Crippen LogP contribution >= 0.6 is 12.6 Å². The molecule has 0 saturated carbocycles. The third-order valence-corrected chi connectivity index (χ3v) is 4.41. The summed E-state index contributed by atoms with van der Waals surface area (Å²) in [5, 5.41) is 13.0. The number of pyridine rings is 1. The van der Waals surface area contributed by atoms with E-state index in [9.17, 15) is 9.59 Å². The fraction of sp³-hybridized carbons (Fsp3) is 0.400. The van der Waals surface area contributed by atoms with E-state index in [2.05, 4.69) is 27.8 Å². The molecule has 124 valence electrons. The fourth-order valence-electron chi connectivity index (χ4n) is 2.76. The number of aromatic nitrogens is 3. The lowest BCUT2D eigenvalue weighted by molar-refractivity contribution is 0.0706. The Kier molecular flexibility index (Phi) is 4.40. The number of piperidine rings is 1. The molecule has 9 heteroatoms. The van der Waals surface area contributed by atoms with Gasteiger partial charge in [0, 0.05) is 25.9 Å². The molecule has 2 aromatic heterocycles. The van der Waals surface area contributed by atoms with Gasteiger partial charge in [0.15, 0.2) is 5.82 Å². The van der Waals surface area contributed by atoms with E-state index in [0.29, 0.717) is 24.8 Å². The summed E-state index contributed by atoms with van der Waals surface area (Å²) in [5.41, 5.74) is -0.429. The van der Waals surface area contributed by atoms with Crippen molar-refractivity contribution in [2.45, 2.75) is 30.7 Å². The number of thiol groups is 1. The van der Waals surface area contributed by atoms with Crippen molar-refractivity contribution in [3.63, 3.8) is 0 Å². The summed E-state index contributed by atoms with van der Waals surface area (Å²) >= 11 is 4.15. The lowest BCUT2D eigenvalue weighted by Crippen LogP contribution is -2.38. The number of carbonyl (C=O) groups excluding carboxylic acids is 1. The van der Waals surface area contributed by atoms with Crippen molar-refractivity contribution < 1.29 is 9.32 Å². The molecule has 0 unspecified atom stereocenters. The van der Waals surface area contributed by atoms with E-state index in [1.807, 2.05) is 0 Å². The quantitative estimate of drug-likeness (QED) is 0.791. The smallest absolute Gasteiger partial charge is 0.266 e. The highest BCUT2D eigenvalue weighted by molar-refractivity contribution is 7.80. The zero-order chi connectivity index (χ0) is 17.3. The third-order valence-electron chi connectivity index (χ3n) is 4.06. The van der Waals surface area contributed by atoms with Crippen LogP contribution in [0.2, 0.25) is 0 Å². The van der Waals surface area contributed by atoms with Gasteiger partial charge in [0.05, 0.1) is 10.6 Å². The Morgan fingerprint density at radius 3 is 2.79 bits per heavy atom. The largest absolute Gasteiger partial charge is 0.340 e. The molecule has 1 aliphatic rings. The minimum absolute atomic E-state index is 0.103. The van der Waals surface area contributed by atoms with Gasteiger partial charge in [-0.2, -0.15) is 10.2 Å². The van der Waals surface area contributed by atoms with E-state index in [4.69, 9.17) is 9.78 Å². The average Bonchev–Trinajstić information content (AvgIpc) is 3.01. The summed E-state index contributed by atoms with van der Waals surface area (Å²) in [6.07, 6.45) is 1.45. The van der Waals surface area contributed by atoms with Gasteiger partial charge in [0.1, 0.15) is 11.6 Å². The first kappa shape index (κ1) is 16.3. The first-order chi connectivity index (χ1) is 11.5. The second kappa shape index (κ2) is 6.49. The summed E-state index contributed by atoms with van der Waals surface area (Å²) in [6.45, 7) is 2.81. The Balaban J connectivity index is 1.74. The monoisotopic (exact) mass is 345 g/mol. The normalized spacial score (nSPS) is 15.3. The summed E-state index contributed by atoms with van der Waals surface area (Å²) in [4.78, 5) is 32.5. The topological polar surface area (TPSA) is 116 Å². The van der Waals surface area contributed by atoms with E-state index in [0.717, 1.165) is 12.8 Å². The second-order valence-electron chi connectivity index (χ2n) is 5.62. The minimum Gasteiger partial charge on any atom is -0.340 e. The molecule has 24 heavy (non-hydrogen) atoms. The van der Waals surface area contributed by atoms with Gasteiger partial charge in [-0.1, -0.05) is 5.16 Å². The number of amides is 1. The van der Waals surface area contributed by atoms with Crippen LogP contribution in [0.15, 0.2) is 20.4 Å². The maximum absolute atomic E-state index is 12.6. The van der Waals surface area contributed by atoms with Crippen molar-refractivity contribution in [2.75, 3.05) is 13.1 Å². The lowest BCUT2D eigenvalue weighted by atomic mass is 9.95. The van der Waals surface area contributed by atoms with Gasteiger partial charge in [-0.3, -0.25) is 9.59 Å². The van der Waals surface area contributed by atoms with Gasteiger partial charge in [-0.05, 0) is 18.9 Å². The molecule has 0 atom stereocenters. The number of aryl methyl sites for hydroxylation is 1. The van der Waals surface area contributed by atoms with Crippen LogP contribution < -0.4 is 5.56 Å². The first-order valence-electron chi connectivity index (χ1n) is 7.45. The zero-order valence-corrected chi connectivity index (χ0v) is 13.8. The van der Waals surface area contributed by atoms with E-state index in [1.165, 1.54) is 6.07 Å². The van der Waals surface area contributed by atoms with Gasteiger partial charge in [-0.15, -0.1) is 12.6 Å². The highest BCUT2D eigenvalue weighted by Gasteiger charge is 2.28. The van der Waals surface area contributed by atoms with Gasteiger partial charge in [-0.25, -0.2) is 0 Å². The van der Waals surface area contributed by atoms with Crippen LogP contribution in [-0.4, -0.2) is 39.0 Å². The van der Waals surface area contributed by atoms with Gasteiger partial charge in [0.25, 0.3) is 11.5 Å². The highest BCUT2D eigenvalue weighted by atomic mass is 32.1. The van der Waals surface area contributed by atoms with Crippen molar-refractivity contribution in [3.8, 4) is 6.07 Å². The Morgan fingerprint density at radius 2 is 2.21 bits per heavy atom. The van der Waals surface area contributed by atoms with Crippen molar-refractivity contribution in [2.24, 2.45) is 0 Å². The second-order valence-corrected chi connectivity index (χ2v) is 6.07. The number of nitrogens with one attached hydrogen (secondary N) is 1. The first-order valence-corrected chi connectivity index (χ1v) is 7.90. The van der Waals surface area contributed by atoms with E-state index in [-0.39, 0.29) is 28.0 Å². The summed E-state index contributed by atoms with van der Waals surface area (Å²) in [6, 6.07) is 3.07. The molecular formula is C15H15N5O3S. The molecule has 0 radical (unpaired) electrons. The summed E-state index contributed by atoms with van der Waals surface area (Å²) in [7, 11) is 0. The van der Waals surface area contributed by atoms with Crippen molar-refractivity contribution in [3.05, 3.63) is 39.3 Å². The van der Waals surface area contributed by atoms with Crippen LogP contribution in [-0.2, 0) is 0 Å². The molecule has 3 rings (SSSR count). The van der Waals surface area contributed by atoms with Crippen LogP contribution in [0, 0.1) is 18.3 Å². The predicted molar refractivity (Wildman–Crippen MR) is 85.9 cm³/mol. The molecule has 1 N–H and O–H groups in total. The maximum Gasteiger partial charge on any atom is 0.266 e. The summed E-state index contributed by atoms with van der Waals surface area (Å²) in [5.74, 6) is 1.11. The van der Waals surface area contributed by atoms with Crippen LogP contribution in [0.4, 0.5) is 0 Å². The van der Waals surface area contributed by atoms with Crippen molar-refractivity contribution in [1.29, 1.82) is 5.26 Å². The number of aromatic amines is 1. The SMILES string of the molecule is Cc1nc(C2CCN(C(=O)c3cc(C#N)c(=O)[nH]c3S)CC2)no1. The number of H-pyrrole nitrogens is 1. The molecule has 1 saturated heterocycles. The molecule has 2 aromatic rings. The standard InChI is InChI=1S/C15H15N5O3S/c1-8-17-12(19-23-8)9-2-4-20(5-3-9)15(22)11-6-10(7-16)13(21)18-14(11)24/h6,9H,2-5H2,1H3,(H2,18,21,24). The molecule has 0 aliphatic carbocycles. The third kappa shape index (κ3) is 3.05. The number of hydrogen-bond donors (Lipinski definition) is 2. The van der Waals surface area contributed by atoms with Crippen LogP contribution in [0.5, 0.6) is 0 Å². The van der Waals surface area contributed by atoms with Crippen molar-refractivity contribution >= 4 is 18.5 Å².